The highest BCUT2D eigenvalue weighted by Gasteiger charge is 2.24. The summed E-state index contributed by atoms with van der Waals surface area (Å²) in [4.78, 5) is 16.6. The highest BCUT2D eigenvalue weighted by molar-refractivity contribution is 6.29. The van der Waals surface area contributed by atoms with Crippen LogP contribution in [0.15, 0.2) is 79.0 Å². The van der Waals surface area contributed by atoms with Gasteiger partial charge in [0.2, 0.25) is 6.10 Å². The minimum Gasteiger partial charge on any atom is -0.474 e. The van der Waals surface area contributed by atoms with Crippen LogP contribution in [-0.2, 0) is 16.1 Å². The Hall–Kier alpha value is -2.85. The van der Waals surface area contributed by atoms with Gasteiger partial charge in [-0.1, -0.05) is 66.2 Å². The van der Waals surface area contributed by atoms with Gasteiger partial charge in [-0.05, 0) is 18.2 Å². The van der Waals surface area contributed by atoms with Crippen molar-refractivity contribution >= 4 is 17.6 Å². The molecule has 3 rings (SSSR count). The monoisotopic (exact) mass is 353 g/mol. The lowest BCUT2D eigenvalue weighted by atomic mass is 10.1. The van der Waals surface area contributed by atoms with Crippen LogP contribution in [-0.4, -0.2) is 11.0 Å². The first-order chi connectivity index (χ1) is 12.2. The number of pyridine rings is 1. The van der Waals surface area contributed by atoms with E-state index < -0.39 is 12.1 Å². The maximum Gasteiger partial charge on any atom is 0.352 e. The number of ether oxygens (including phenoxy) is 2. The first-order valence-electron chi connectivity index (χ1n) is 7.76. The molecule has 0 aliphatic carbocycles. The lowest BCUT2D eigenvalue weighted by molar-refractivity contribution is -0.153. The van der Waals surface area contributed by atoms with Gasteiger partial charge < -0.3 is 9.47 Å². The summed E-state index contributed by atoms with van der Waals surface area (Å²) >= 11 is 5.76. The minimum absolute atomic E-state index is 0.102. The largest absolute Gasteiger partial charge is 0.474 e. The van der Waals surface area contributed by atoms with Crippen molar-refractivity contribution in [1.82, 2.24) is 4.98 Å². The van der Waals surface area contributed by atoms with Gasteiger partial charge >= 0.3 is 5.97 Å². The Morgan fingerprint density at radius 2 is 1.64 bits per heavy atom. The molecule has 0 amide bonds. The fourth-order valence-corrected chi connectivity index (χ4v) is 2.35. The van der Waals surface area contributed by atoms with Crippen LogP contribution in [0, 0.1) is 0 Å². The van der Waals surface area contributed by atoms with E-state index in [-0.39, 0.29) is 6.61 Å². The number of esters is 1. The standard InChI is InChI=1S/C20H16ClNO3/c21-18-12-11-15(13-22-18)14-24-20(23)19(16-7-3-1-4-8-16)25-17-9-5-2-6-10-17/h1-13,19H,14H2. The van der Waals surface area contributed by atoms with E-state index in [2.05, 4.69) is 4.98 Å². The van der Waals surface area contributed by atoms with Crippen LogP contribution in [0.3, 0.4) is 0 Å². The molecule has 1 aromatic heterocycles. The predicted octanol–water partition coefficient (Wildman–Crippen LogP) is 4.60. The van der Waals surface area contributed by atoms with Crippen molar-refractivity contribution in [2.45, 2.75) is 12.7 Å². The molecule has 25 heavy (non-hydrogen) atoms. The molecule has 1 unspecified atom stereocenters. The summed E-state index contributed by atoms with van der Waals surface area (Å²) in [6, 6.07) is 21.8. The number of benzene rings is 2. The molecule has 0 saturated heterocycles. The van der Waals surface area contributed by atoms with Gasteiger partial charge in [-0.15, -0.1) is 0 Å². The van der Waals surface area contributed by atoms with Crippen LogP contribution in [0.2, 0.25) is 5.15 Å². The first kappa shape index (κ1) is 17.0. The quantitative estimate of drug-likeness (QED) is 0.480. The zero-order valence-electron chi connectivity index (χ0n) is 13.3. The van der Waals surface area contributed by atoms with E-state index >= 15 is 0 Å². The topological polar surface area (TPSA) is 48.4 Å². The van der Waals surface area contributed by atoms with E-state index in [4.69, 9.17) is 21.1 Å². The molecule has 0 saturated carbocycles. The van der Waals surface area contributed by atoms with Crippen LogP contribution in [0.5, 0.6) is 5.75 Å². The Morgan fingerprint density at radius 3 is 2.28 bits per heavy atom. The Bertz CT molecular complexity index is 807. The molecule has 0 bridgehead atoms. The van der Waals surface area contributed by atoms with E-state index in [1.807, 2.05) is 48.5 Å². The molecule has 5 heteroatoms. The van der Waals surface area contributed by atoms with E-state index in [1.54, 1.807) is 30.5 Å². The number of carbonyl (C=O) groups is 1. The van der Waals surface area contributed by atoms with Crippen LogP contribution >= 0.6 is 11.6 Å². The SMILES string of the molecule is O=C(OCc1ccc(Cl)nc1)C(Oc1ccccc1)c1ccccc1. The van der Waals surface area contributed by atoms with Gasteiger partial charge in [0.15, 0.2) is 0 Å². The summed E-state index contributed by atoms with van der Waals surface area (Å²) in [7, 11) is 0. The van der Waals surface area contributed by atoms with Crippen LogP contribution < -0.4 is 4.74 Å². The summed E-state index contributed by atoms with van der Waals surface area (Å²) in [5.74, 6) is 0.131. The normalized spacial score (nSPS) is 11.6. The Balaban J connectivity index is 1.74. The third-order valence-corrected chi connectivity index (χ3v) is 3.71. The van der Waals surface area contributed by atoms with Crippen molar-refractivity contribution in [2.75, 3.05) is 0 Å². The van der Waals surface area contributed by atoms with Gasteiger partial charge in [0, 0.05) is 17.3 Å². The molecule has 1 atom stereocenters. The second-order valence-electron chi connectivity index (χ2n) is 5.32. The summed E-state index contributed by atoms with van der Waals surface area (Å²) in [6.07, 6.45) is 0.731. The Morgan fingerprint density at radius 1 is 0.960 bits per heavy atom. The lowest BCUT2D eigenvalue weighted by Crippen LogP contribution is -2.21. The number of carbonyl (C=O) groups excluding carboxylic acids is 1. The molecule has 0 N–H and O–H groups in total. The third-order valence-electron chi connectivity index (χ3n) is 3.48. The number of rotatable bonds is 6. The van der Waals surface area contributed by atoms with Crippen molar-refractivity contribution in [3.05, 3.63) is 95.3 Å². The molecule has 0 aliphatic rings. The highest BCUT2D eigenvalue weighted by Crippen LogP contribution is 2.23. The third kappa shape index (κ3) is 4.81. The zero-order valence-corrected chi connectivity index (χ0v) is 14.1. The molecule has 0 radical (unpaired) electrons. The molecule has 0 spiro atoms. The van der Waals surface area contributed by atoms with Gasteiger partial charge in [-0.3, -0.25) is 0 Å². The van der Waals surface area contributed by atoms with Gasteiger partial charge in [0.05, 0.1) is 0 Å². The number of nitrogens with zero attached hydrogens (tertiary/aromatic N) is 1. The van der Waals surface area contributed by atoms with Gasteiger partial charge in [0.1, 0.15) is 17.5 Å². The van der Waals surface area contributed by atoms with Gasteiger partial charge in [-0.25, -0.2) is 9.78 Å². The molecule has 1 heterocycles. The molecule has 126 valence electrons. The lowest BCUT2D eigenvalue weighted by Gasteiger charge is -2.18. The molecular formula is C20H16ClNO3. The molecular weight excluding hydrogens is 338 g/mol. The van der Waals surface area contributed by atoms with Gasteiger partial charge in [-0.2, -0.15) is 0 Å². The summed E-state index contributed by atoms with van der Waals surface area (Å²) in [6.45, 7) is 0.102. The molecule has 0 aliphatic heterocycles. The predicted molar refractivity (Wildman–Crippen MR) is 95.3 cm³/mol. The number of hydrogen-bond acceptors (Lipinski definition) is 4. The number of aromatic nitrogens is 1. The zero-order chi connectivity index (χ0) is 17.5. The van der Waals surface area contributed by atoms with Crippen molar-refractivity contribution in [2.24, 2.45) is 0 Å². The van der Waals surface area contributed by atoms with Gasteiger partial charge in [0.25, 0.3) is 0 Å². The van der Waals surface area contributed by atoms with Crippen molar-refractivity contribution in [3.8, 4) is 5.75 Å². The van der Waals surface area contributed by atoms with E-state index in [9.17, 15) is 4.79 Å². The summed E-state index contributed by atoms with van der Waals surface area (Å²) < 4.78 is 11.3. The summed E-state index contributed by atoms with van der Waals surface area (Å²) in [5.41, 5.74) is 1.48. The van der Waals surface area contributed by atoms with Crippen molar-refractivity contribution < 1.29 is 14.3 Å². The Kier molecular flexibility index (Phi) is 5.65. The van der Waals surface area contributed by atoms with Crippen LogP contribution in [0.25, 0.3) is 0 Å². The average molecular weight is 354 g/mol. The molecule has 3 aromatic rings. The first-order valence-corrected chi connectivity index (χ1v) is 8.14. The van der Waals surface area contributed by atoms with Crippen molar-refractivity contribution in [1.29, 1.82) is 0 Å². The van der Waals surface area contributed by atoms with Crippen molar-refractivity contribution in [3.63, 3.8) is 0 Å². The minimum atomic E-state index is -0.844. The molecule has 4 nitrogen and oxygen atoms in total. The highest BCUT2D eigenvalue weighted by atomic mass is 35.5. The second-order valence-corrected chi connectivity index (χ2v) is 5.71. The number of hydrogen-bond donors (Lipinski definition) is 0. The van der Waals surface area contributed by atoms with Crippen LogP contribution in [0.1, 0.15) is 17.2 Å². The number of halogens is 1. The van der Waals surface area contributed by atoms with Crippen LogP contribution in [0.4, 0.5) is 0 Å². The average Bonchev–Trinajstić information content (AvgIpc) is 2.67. The fourth-order valence-electron chi connectivity index (χ4n) is 2.24. The Labute approximate surface area is 151 Å². The summed E-state index contributed by atoms with van der Waals surface area (Å²) in [5, 5.41) is 0.393. The van der Waals surface area contributed by atoms with E-state index in [0.29, 0.717) is 10.9 Å². The second kappa shape index (κ2) is 8.31. The number of para-hydroxylation sites is 1. The molecule has 2 aromatic carbocycles. The van der Waals surface area contributed by atoms with E-state index in [0.717, 1.165) is 11.1 Å². The van der Waals surface area contributed by atoms with E-state index in [1.165, 1.54) is 0 Å². The molecule has 0 fully saturated rings. The maximum absolute atomic E-state index is 12.6. The maximum atomic E-state index is 12.6. The smallest absolute Gasteiger partial charge is 0.352 e. The fraction of sp³-hybridized carbons (Fsp3) is 0.100.